The number of aromatic nitrogens is 2. The van der Waals surface area contributed by atoms with Gasteiger partial charge in [0.1, 0.15) is 5.65 Å². The Morgan fingerprint density at radius 2 is 1.78 bits per heavy atom. The van der Waals surface area contributed by atoms with E-state index in [9.17, 15) is 18.4 Å². The lowest BCUT2D eigenvalue weighted by Gasteiger charge is -2.31. The van der Waals surface area contributed by atoms with Crippen molar-refractivity contribution in [1.29, 1.82) is 0 Å². The number of rotatable bonds is 4. The minimum Gasteiger partial charge on any atom is -0.347 e. The number of hydrogen-bond acceptors (Lipinski definition) is 4. The molecule has 32 heavy (non-hydrogen) atoms. The van der Waals surface area contributed by atoms with Gasteiger partial charge in [0.05, 0.1) is 11.6 Å². The summed E-state index contributed by atoms with van der Waals surface area (Å²) in [6.45, 7) is 1.67. The molecule has 166 valence electrons. The minimum atomic E-state index is -2.69. The Bertz CT molecular complexity index is 1160. The number of benzene rings is 1. The van der Waals surface area contributed by atoms with Gasteiger partial charge in [-0.15, -0.1) is 0 Å². The van der Waals surface area contributed by atoms with E-state index in [1.54, 1.807) is 18.2 Å². The van der Waals surface area contributed by atoms with E-state index >= 15 is 0 Å². The highest BCUT2D eigenvalue weighted by molar-refractivity contribution is 5.97. The number of nitrogens with zero attached hydrogens (tertiary/aromatic N) is 3. The van der Waals surface area contributed by atoms with Crippen LogP contribution in [-0.2, 0) is 0 Å². The Morgan fingerprint density at radius 3 is 2.44 bits per heavy atom. The second-order valence-corrected chi connectivity index (χ2v) is 8.35. The normalized spacial score (nSPS) is 18.4. The zero-order valence-corrected chi connectivity index (χ0v) is 17.4. The summed E-state index contributed by atoms with van der Waals surface area (Å²) in [6.07, 6.45) is 2.72. The summed E-state index contributed by atoms with van der Waals surface area (Å²) in [6, 6.07) is 11.0. The molecule has 0 unspecified atom stereocenters. The van der Waals surface area contributed by atoms with Gasteiger partial charge in [-0.05, 0) is 36.4 Å². The van der Waals surface area contributed by atoms with Crippen LogP contribution in [-0.4, -0.2) is 64.4 Å². The van der Waals surface area contributed by atoms with Crippen molar-refractivity contribution >= 4 is 22.8 Å². The highest BCUT2D eigenvalue weighted by Gasteiger charge is 2.35. The summed E-state index contributed by atoms with van der Waals surface area (Å²) in [4.78, 5) is 30.9. The topological polar surface area (TPSA) is 79.3 Å². The van der Waals surface area contributed by atoms with Crippen molar-refractivity contribution in [3.8, 4) is 5.69 Å². The van der Waals surface area contributed by atoms with Crippen LogP contribution < -0.4 is 10.6 Å². The summed E-state index contributed by atoms with van der Waals surface area (Å²) >= 11 is 0. The molecule has 7 nitrogen and oxygen atoms in total. The minimum absolute atomic E-state index is 0.0437. The Morgan fingerprint density at radius 1 is 1.06 bits per heavy atom. The van der Waals surface area contributed by atoms with Crippen LogP contribution in [0, 0.1) is 0 Å². The van der Waals surface area contributed by atoms with E-state index in [0.29, 0.717) is 16.8 Å². The first-order valence-corrected chi connectivity index (χ1v) is 10.7. The van der Waals surface area contributed by atoms with E-state index in [1.165, 1.54) is 11.1 Å². The molecule has 5 rings (SSSR count). The fourth-order valence-electron chi connectivity index (χ4n) is 4.00. The number of pyridine rings is 1. The average molecular weight is 439 g/mol. The number of hydrogen-bond donors (Lipinski definition) is 2. The van der Waals surface area contributed by atoms with E-state index in [4.69, 9.17) is 0 Å². The van der Waals surface area contributed by atoms with Crippen molar-refractivity contribution in [1.82, 2.24) is 25.1 Å². The molecular formula is C23H23F2N5O2. The molecule has 4 heterocycles. The highest BCUT2D eigenvalue weighted by Crippen LogP contribution is 2.29. The lowest BCUT2D eigenvalue weighted by molar-refractivity contribution is -0.0494. The van der Waals surface area contributed by atoms with Gasteiger partial charge in [0.2, 0.25) is 0 Å². The molecule has 2 N–H and O–H groups in total. The van der Waals surface area contributed by atoms with Crippen molar-refractivity contribution in [2.75, 3.05) is 26.2 Å². The molecule has 0 bridgehead atoms. The largest absolute Gasteiger partial charge is 0.347 e. The molecule has 0 aliphatic carbocycles. The van der Waals surface area contributed by atoms with E-state index < -0.39 is 5.92 Å². The second-order valence-electron chi connectivity index (χ2n) is 8.35. The molecule has 9 heteroatoms. The van der Waals surface area contributed by atoms with Gasteiger partial charge in [-0.2, -0.15) is 0 Å². The number of alkyl halides is 2. The number of carbonyl (C=O) groups is 2. The molecule has 0 saturated carbocycles. The SMILES string of the molecule is O=C(NC1CNC1)c1ccc(-n2ccc3cc(C(=O)N4CCC(F)(F)CC4)cnc32)cc1. The van der Waals surface area contributed by atoms with Crippen LogP contribution in [0.3, 0.4) is 0 Å². The maximum absolute atomic E-state index is 13.4. The van der Waals surface area contributed by atoms with E-state index in [2.05, 4.69) is 15.6 Å². The van der Waals surface area contributed by atoms with Crippen LogP contribution in [0.25, 0.3) is 16.7 Å². The molecule has 2 saturated heterocycles. The summed E-state index contributed by atoms with van der Waals surface area (Å²) in [7, 11) is 0. The Kier molecular flexibility index (Phi) is 5.13. The summed E-state index contributed by atoms with van der Waals surface area (Å²) < 4.78 is 28.6. The molecule has 2 aliphatic heterocycles. The van der Waals surface area contributed by atoms with Gasteiger partial charge in [0, 0.05) is 68.1 Å². The van der Waals surface area contributed by atoms with Gasteiger partial charge >= 0.3 is 0 Å². The zero-order chi connectivity index (χ0) is 22.3. The molecule has 1 aromatic carbocycles. The molecule has 3 aromatic rings. The first-order chi connectivity index (χ1) is 15.4. The van der Waals surface area contributed by atoms with E-state index in [1.807, 2.05) is 29.0 Å². The maximum atomic E-state index is 13.4. The van der Waals surface area contributed by atoms with Crippen molar-refractivity contribution in [3.63, 3.8) is 0 Å². The predicted molar refractivity (Wildman–Crippen MR) is 115 cm³/mol. The predicted octanol–water partition coefficient (Wildman–Crippen LogP) is 2.60. The Hall–Kier alpha value is -3.33. The quantitative estimate of drug-likeness (QED) is 0.655. The van der Waals surface area contributed by atoms with Crippen molar-refractivity contribution in [2.24, 2.45) is 0 Å². The van der Waals surface area contributed by atoms with E-state index in [-0.39, 0.29) is 43.8 Å². The molecule has 0 atom stereocenters. The first-order valence-electron chi connectivity index (χ1n) is 10.7. The Balaban J connectivity index is 1.32. The number of piperidine rings is 1. The lowest BCUT2D eigenvalue weighted by atomic mass is 10.1. The maximum Gasteiger partial charge on any atom is 0.255 e. The third-order valence-electron chi connectivity index (χ3n) is 6.08. The number of amides is 2. The number of fused-ring (bicyclic) bond motifs is 1. The van der Waals surface area contributed by atoms with Gasteiger partial charge < -0.3 is 20.1 Å². The van der Waals surface area contributed by atoms with Crippen LogP contribution in [0.15, 0.2) is 48.8 Å². The van der Waals surface area contributed by atoms with Crippen LogP contribution in [0.2, 0.25) is 0 Å². The molecule has 2 aromatic heterocycles. The number of halogens is 2. The standard InChI is InChI=1S/C23H23F2N5O2/c24-23(25)6-9-29(10-7-23)22(32)17-11-16-5-8-30(20(16)27-12-17)19-3-1-15(2-4-19)21(31)28-18-13-26-14-18/h1-5,8,11-12,18,26H,6-7,9-10,13-14H2,(H,28,31). The van der Waals surface area contributed by atoms with Crippen molar-refractivity contribution in [3.05, 3.63) is 59.9 Å². The highest BCUT2D eigenvalue weighted by atomic mass is 19.3. The van der Waals surface area contributed by atoms with Crippen LogP contribution in [0.1, 0.15) is 33.6 Å². The van der Waals surface area contributed by atoms with Crippen LogP contribution >= 0.6 is 0 Å². The average Bonchev–Trinajstić information content (AvgIpc) is 3.19. The van der Waals surface area contributed by atoms with Crippen LogP contribution in [0.4, 0.5) is 8.78 Å². The van der Waals surface area contributed by atoms with Crippen molar-refractivity contribution < 1.29 is 18.4 Å². The number of likely N-dealkylation sites (tertiary alicyclic amines) is 1. The van der Waals surface area contributed by atoms with Gasteiger partial charge in [-0.3, -0.25) is 9.59 Å². The summed E-state index contributed by atoms with van der Waals surface area (Å²) in [5.41, 5.74) is 2.49. The molecule has 2 amide bonds. The third-order valence-corrected chi connectivity index (χ3v) is 6.08. The third kappa shape index (κ3) is 3.95. The van der Waals surface area contributed by atoms with Crippen molar-refractivity contribution in [2.45, 2.75) is 24.8 Å². The molecule has 2 aliphatic rings. The Labute approximate surface area is 183 Å². The zero-order valence-electron chi connectivity index (χ0n) is 17.4. The molecular weight excluding hydrogens is 416 g/mol. The lowest BCUT2D eigenvalue weighted by Crippen LogP contribution is -2.56. The number of nitrogens with one attached hydrogen (secondary N) is 2. The van der Waals surface area contributed by atoms with Gasteiger partial charge in [0.25, 0.3) is 17.7 Å². The molecule has 0 spiro atoms. The fraction of sp³-hybridized carbons (Fsp3) is 0.348. The monoisotopic (exact) mass is 439 g/mol. The van der Waals surface area contributed by atoms with Gasteiger partial charge in [-0.1, -0.05) is 0 Å². The second kappa shape index (κ2) is 7.98. The smallest absolute Gasteiger partial charge is 0.255 e. The van der Waals surface area contributed by atoms with Gasteiger partial charge in [-0.25, -0.2) is 13.8 Å². The van der Waals surface area contributed by atoms with Gasteiger partial charge in [0.15, 0.2) is 0 Å². The molecule has 0 radical (unpaired) electrons. The van der Waals surface area contributed by atoms with Crippen LogP contribution in [0.5, 0.6) is 0 Å². The summed E-state index contributed by atoms with van der Waals surface area (Å²) in [5.74, 6) is -3.07. The fourth-order valence-corrected chi connectivity index (χ4v) is 4.00. The molecule has 2 fully saturated rings. The first kappa shape index (κ1) is 20.6. The number of carbonyl (C=O) groups excluding carboxylic acids is 2. The van der Waals surface area contributed by atoms with E-state index in [0.717, 1.165) is 24.2 Å². The summed E-state index contributed by atoms with van der Waals surface area (Å²) in [5, 5.41) is 6.86.